The van der Waals surface area contributed by atoms with Crippen molar-refractivity contribution in [2.45, 2.75) is 51.4 Å². The second-order valence-electron chi connectivity index (χ2n) is 9.32. The normalized spacial score (nSPS) is 13.0. The fraction of sp³-hybridized carbons (Fsp3) is 0.467. The Morgan fingerprint density at radius 1 is 0.784 bits per heavy atom. The van der Waals surface area contributed by atoms with Gasteiger partial charge in [-0.25, -0.2) is 0 Å². The lowest BCUT2D eigenvalue weighted by molar-refractivity contribution is 0.0310. The fourth-order valence-electron chi connectivity index (χ4n) is 4.02. The van der Waals surface area contributed by atoms with Gasteiger partial charge in [0, 0.05) is 29.4 Å². The zero-order chi connectivity index (χ0) is 26.1. The van der Waals surface area contributed by atoms with Gasteiger partial charge in [-0.2, -0.15) is 0 Å². The van der Waals surface area contributed by atoms with Gasteiger partial charge in [-0.1, -0.05) is 49.7 Å². The van der Waals surface area contributed by atoms with E-state index in [1.165, 1.54) is 22.6 Å². The molecule has 0 unspecified atom stereocenters. The first-order valence-electron chi connectivity index (χ1n) is 13.3. The first-order chi connectivity index (χ1) is 18.1. The van der Waals surface area contributed by atoms with Crippen LogP contribution >= 0.6 is 11.3 Å². The molecule has 0 aliphatic rings. The highest BCUT2D eigenvalue weighted by molar-refractivity contribution is 7.11. The van der Waals surface area contributed by atoms with Crippen molar-refractivity contribution < 1.29 is 19.7 Å². The lowest BCUT2D eigenvalue weighted by Gasteiger charge is -2.27. The van der Waals surface area contributed by atoms with Crippen LogP contribution in [0.5, 0.6) is 11.5 Å². The molecule has 0 saturated heterocycles. The Kier molecular flexibility index (Phi) is 13.5. The number of unbranched alkanes of at least 4 members (excludes halogenated alkanes) is 1. The molecule has 0 aliphatic heterocycles. The summed E-state index contributed by atoms with van der Waals surface area (Å²) in [4.78, 5) is 4.84. The van der Waals surface area contributed by atoms with E-state index in [9.17, 15) is 10.2 Å². The zero-order valence-corrected chi connectivity index (χ0v) is 22.7. The van der Waals surface area contributed by atoms with Crippen LogP contribution in [0, 0.1) is 0 Å². The molecule has 7 heteroatoms. The third-order valence-electron chi connectivity index (χ3n) is 5.93. The van der Waals surface area contributed by atoms with Crippen LogP contribution in [0.2, 0.25) is 0 Å². The second kappa shape index (κ2) is 17.2. The van der Waals surface area contributed by atoms with Gasteiger partial charge in [-0.15, -0.1) is 11.3 Å². The highest BCUT2D eigenvalue weighted by Gasteiger charge is 2.17. The molecular weight excluding hydrogens is 484 g/mol. The van der Waals surface area contributed by atoms with Crippen LogP contribution in [0.3, 0.4) is 0 Å². The molecule has 1 aromatic heterocycles. The average Bonchev–Trinajstić information content (AvgIpc) is 3.37. The molecule has 0 saturated carbocycles. The molecule has 2 aromatic carbocycles. The van der Waals surface area contributed by atoms with E-state index in [0.717, 1.165) is 44.0 Å². The van der Waals surface area contributed by atoms with E-state index in [1.807, 2.05) is 72.0 Å². The topological polar surface area (TPSA) is 74.2 Å². The van der Waals surface area contributed by atoms with Crippen LogP contribution in [-0.2, 0) is 13.0 Å². The summed E-state index contributed by atoms with van der Waals surface area (Å²) in [6.45, 7) is 6.22. The minimum atomic E-state index is -0.662. The molecule has 3 N–H and O–H groups in total. The van der Waals surface area contributed by atoms with Crippen molar-refractivity contribution in [2.75, 3.05) is 39.4 Å². The smallest absolute Gasteiger partial charge is 0.119 e. The highest BCUT2D eigenvalue weighted by Crippen LogP contribution is 2.18. The summed E-state index contributed by atoms with van der Waals surface area (Å²) >= 11 is 1.86. The van der Waals surface area contributed by atoms with Gasteiger partial charge in [-0.05, 0) is 68.8 Å². The number of para-hydroxylation sites is 2. The van der Waals surface area contributed by atoms with Crippen molar-refractivity contribution in [1.29, 1.82) is 0 Å². The van der Waals surface area contributed by atoms with Crippen molar-refractivity contribution in [2.24, 2.45) is 0 Å². The molecule has 0 amide bonds. The highest BCUT2D eigenvalue weighted by atomic mass is 32.1. The lowest BCUT2D eigenvalue weighted by atomic mass is 10.2. The van der Waals surface area contributed by atoms with E-state index in [0.29, 0.717) is 13.1 Å². The largest absolute Gasteiger partial charge is 0.491 e. The van der Waals surface area contributed by atoms with Gasteiger partial charge >= 0.3 is 0 Å². The standard InChI is InChI=1S/C30H42N2O4S/c1-2-3-18-31-20-30-17-16-29(37-30)15-10-19-32(21-25(33)23-35-27-11-6-4-7-12-27)22-26(34)24-36-28-13-8-5-9-14-28/h4-9,11-14,16-17,25-26,31,33-34H,2-3,10,15,18-24H2,1H3/t25-,26-/m0/s1. The molecule has 0 spiro atoms. The van der Waals surface area contributed by atoms with E-state index in [4.69, 9.17) is 9.47 Å². The van der Waals surface area contributed by atoms with E-state index in [2.05, 4.69) is 29.3 Å². The first-order valence-corrected chi connectivity index (χ1v) is 14.2. The number of hydrogen-bond acceptors (Lipinski definition) is 7. The number of benzene rings is 2. The van der Waals surface area contributed by atoms with Crippen molar-refractivity contribution in [3.05, 3.63) is 82.6 Å². The molecular formula is C30H42N2O4S. The van der Waals surface area contributed by atoms with Crippen LogP contribution in [0.25, 0.3) is 0 Å². The molecule has 3 aromatic rings. The number of rotatable bonds is 19. The third-order valence-corrected chi connectivity index (χ3v) is 7.08. The fourth-order valence-corrected chi connectivity index (χ4v) is 5.05. The van der Waals surface area contributed by atoms with Gasteiger partial charge in [-0.3, -0.25) is 4.90 Å². The quantitative estimate of drug-likeness (QED) is 0.196. The van der Waals surface area contributed by atoms with Crippen molar-refractivity contribution >= 4 is 11.3 Å². The Morgan fingerprint density at radius 3 is 1.92 bits per heavy atom. The van der Waals surface area contributed by atoms with Crippen LogP contribution in [0.15, 0.2) is 72.8 Å². The van der Waals surface area contributed by atoms with E-state index in [1.54, 1.807) is 0 Å². The molecule has 0 aliphatic carbocycles. The number of nitrogens with one attached hydrogen (secondary N) is 1. The van der Waals surface area contributed by atoms with Gasteiger partial charge in [0.25, 0.3) is 0 Å². The van der Waals surface area contributed by atoms with E-state index >= 15 is 0 Å². The predicted octanol–water partition coefficient (Wildman–Crippen LogP) is 4.75. The Morgan fingerprint density at radius 2 is 1.35 bits per heavy atom. The number of aliphatic hydroxyl groups excluding tert-OH is 2. The van der Waals surface area contributed by atoms with Crippen LogP contribution in [0.1, 0.15) is 35.9 Å². The minimum absolute atomic E-state index is 0.205. The van der Waals surface area contributed by atoms with Crippen LogP contribution in [-0.4, -0.2) is 66.7 Å². The van der Waals surface area contributed by atoms with E-state index < -0.39 is 12.2 Å². The molecule has 2 atom stereocenters. The summed E-state index contributed by atoms with van der Waals surface area (Å²) < 4.78 is 11.5. The van der Waals surface area contributed by atoms with E-state index in [-0.39, 0.29) is 13.2 Å². The maximum atomic E-state index is 10.7. The zero-order valence-electron chi connectivity index (χ0n) is 21.9. The average molecular weight is 527 g/mol. The summed E-state index contributed by atoms with van der Waals surface area (Å²) in [6, 6.07) is 23.5. The molecule has 1 heterocycles. The maximum Gasteiger partial charge on any atom is 0.119 e. The molecule has 0 radical (unpaired) electrons. The number of nitrogens with zero attached hydrogens (tertiary/aromatic N) is 1. The number of hydrogen-bond donors (Lipinski definition) is 3. The van der Waals surface area contributed by atoms with Gasteiger partial charge in [0.1, 0.15) is 36.9 Å². The Hall–Kier alpha value is -2.42. The number of aryl methyl sites for hydroxylation is 1. The summed E-state index contributed by atoms with van der Waals surface area (Å²) in [5, 5.41) is 24.8. The summed E-state index contributed by atoms with van der Waals surface area (Å²) in [7, 11) is 0. The molecule has 0 bridgehead atoms. The number of aliphatic hydroxyl groups is 2. The predicted molar refractivity (Wildman–Crippen MR) is 152 cm³/mol. The molecule has 6 nitrogen and oxygen atoms in total. The summed E-state index contributed by atoms with van der Waals surface area (Å²) in [5.41, 5.74) is 0. The minimum Gasteiger partial charge on any atom is -0.491 e. The maximum absolute atomic E-state index is 10.7. The third kappa shape index (κ3) is 12.1. The molecule has 0 fully saturated rings. The Bertz CT molecular complexity index is 918. The number of thiophene rings is 1. The summed E-state index contributed by atoms with van der Waals surface area (Å²) in [5.74, 6) is 1.48. The van der Waals surface area contributed by atoms with Gasteiger partial charge < -0.3 is 25.0 Å². The van der Waals surface area contributed by atoms with Gasteiger partial charge in [0.05, 0.1) is 0 Å². The van der Waals surface area contributed by atoms with Crippen LogP contribution < -0.4 is 14.8 Å². The lowest BCUT2D eigenvalue weighted by Crippen LogP contribution is -2.42. The summed E-state index contributed by atoms with van der Waals surface area (Å²) in [6.07, 6.45) is 3.01. The molecule has 37 heavy (non-hydrogen) atoms. The second-order valence-corrected chi connectivity index (χ2v) is 10.6. The first kappa shape index (κ1) is 29.1. The Labute approximate surface area is 225 Å². The monoisotopic (exact) mass is 526 g/mol. The van der Waals surface area contributed by atoms with Crippen molar-refractivity contribution in [1.82, 2.24) is 10.2 Å². The van der Waals surface area contributed by atoms with Gasteiger partial charge in [0.15, 0.2) is 0 Å². The number of ether oxygens (including phenoxy) is 2. The molecule has 3 rings (SSSR count). The SMILES string of the molecule is CCCCNCc1ccc(CCCN(C[C@H](O)COc2ccccc2)C[C@H](O)COc2ccccc2)s1. The van der Waals surface area contributed by atoms with Gasteiger partial charge in [0.2, 0.25) is 0 Å². The van der Waals surface area contributed by atoms with Crippen molar-refractivity contribution in [3.63, 3.8) is 0 Å². The van der Waals surface area contributed by atoms with Crippen molar-refractivity contribution in [3.8, 4) is 11.5 Å². The van der Waals surface area contributed by atoms with Crippen LogP contribution in [0.4, 0.5) is 0 Å². The molecule has 202 valence electrons. The Balaban J connectivity index is 1.47.